The summed E-state index contributed by atoms with van der Waals surface area (Å²) in [4.78, 5) is 6.62. The van der Waals surface area contributed by atoms with Gasteiger partial charge in [0.15, 0.2) is 0 Å². The van der Waals surface area contributed by atoms with Crippen LogP contribution in [0.4, 0.5) is 11.5 Å². The molecule has 1 aromatic heterocycles. The normalized spacial score (nSPS) is 15.5. The van der Waals surface area contributed by atoms with Crippen molar-refractivity contribution in [3.8, 4) is 5.75 Å². The van der Waals surface area contributed by atoms with E-state index in [4.69, 9.17) is 9.47 Å². The topological polar surface area (TPSA) is 46.6 Å². The van der Waals surface area contributed by atoms with Gasteiger partial charge in [0.1, 0.15) is 18.2 Å². The SMILES string of the molecule is c1ccc(Nc2cccc(OCCN3CCOCC3)c2)nc1. The third-order valence-electron chi connectivity index (χ3n) is 3.55. The minimum absolute atomic E-state index is 0.688. The van der Waals surface area contributed by atoms with Crippen molar-refractivity contribution < 1.29 is 9.47 Å². The molecule has 1 aliphatic heterocycles. The molecule has 0 amide bonds. The van der Waals surface area contributed by atoms with E-state index in [-0.39, 0.29) is 0 Å². The zero-order valence-electron chi connectivity index (χ0n) is 12.6. The molecule has 1 aliphatic rings. The van der Waals surface area contributed by atoms with Crippen LogP contribution in [-0.2, 0) is 4.74 Å². The van der Waals surface area contributed by atoms with Crippen molar-refractivity contribution in [3.63, 3.8) is 0 Å². The molecule has 0 atom stereocenters. The van der Waals surface area contributed by atoms with Crippen molar-refractivity contribution in [1.82, 2.24) is 9.88 Å². The van der Waals surface area contributed by atoms with Crippen molar-refractivity contribution >= 4 is 11.5 Å². The maximum atomic E-state index is 5.84. The first-order chi connectivity index (χ1) is 10.9. The summed E-state index contributed by atoms with van der Waals surface area (Å²) in [6.07, 6.45) is 1.77. The predicted octanol–water partition coefficient (Wildman–Crippen LogP) is 2.54. The fourth-order valence-corrected chi connectivity index (χ4v) is 2.37. The first-order valence-corrected chi connectivity index (χ1v) is 7.61. The van der Waals surface area contributed by atoms with Gasteiger partial charge in [-0.1, -0.05) is 12.1 Å². The van der Waals surface area contributed by atoms with E-state index in [0.717, 1.165) is 50.1 Å². The molecule has 5 heteroatoms. The van der Waals surface area contributed by atoms with Crippen LogP contribution < -0.4 is 10.1 Å². The molecular weight excluding hydrogens is 278 g/mol. The molecule has 0 bridgehead atoms. The summed E-state index contributed by atoms with van der Waals surface area (Å²) in [6.45, 7) is 5.25. The van der Waals surface area contributed by atoms with Crippen LogP contribution in [0.25, 0.3) is 0 Å². The monoisotopic (exact) mass is 299 g/mol. The number of pyridine rings is 1. The second kappa shape index (κ2) is 7.77. The molecular formula is C17H21N3O2. The molecule has 22 heavy (non-hydrogen) atoms. The van der Waals surface area contributed by atoms with Crippen molar-refractivity contribution in [2.45, 2.75) is 0 Å². The van der Waals surface area contributed by atoms with Gasteiger partial charge in [-0.05, 0) is 24.3 Å². The number of aromatic nitrogens is 1. The van der Waals surface area contributed by atoms with E-state index in [1.165, 1.54) is 0 Å². The lowest BCUT2D eigenvalue weighted by atomic mass is 10.3. The average Bonchev–Trinajstić information content (AvgIpc) is 2.57. The summed E-state index contributed by atoms with van der Waals surface area (Å²) >= 11 is 0. The van der Waals surface area contributed by atoms with Crippen LogP contribution in [0.5, 0.6) is 5.75 Å². The molecule has 3 rings (SSSR count). The Morgan fingerprint density at radius 2 is 2.05 bits per heavy atom. The summed E-state index contributed by atoms with van der Waals surface area (Å²) in [5, 5.41) is 3.27. The van der Waals surface area contributed by atoms with Crippen molar-refractivity contribution in [2.24, 2.45) is 0 Å². The Morgan fingerprint density at radius 3 is 2.86 bits per heavy atom. The highest BCUT2D eigenvalue weighted by atomic mass is 16.5. The highest BCUT2D eigenvalue weighted by molar-refractivity contribution is 5.57. The van der Waals surface area contributed by atoms with E-state index < -0.39 is 0 Å². The third kappa shape index (κ3) is 4.44. The molecule has 5 nitrogen and oxygen atoms in total. The fourth-order valence-electron chi connectivity index (χ4n) is 2.37. The van der Waals surface area contributed by atoms with Crippen molar-refractivity contribution in [3.05, 3.63) is 48.7 Å². The van der Waals surface area contributed by atoms with Crippen molar-refractivity contribution in [2.75, 3.05) is 44.8 Å². The first kappa shape index (κ1) is 14.8. The van der Waals surface area contributed by atoms with Gasteiger partial charge in [0.25, 0.3) is 0 Å². The van der Waals surface area contributed by atoms with Crippen LogP contribution in [0.1, 0.15) is 0 Å². The Kier molecular flexibility index (Phi) is 5.23. The van der Waals surface area contributed by atoms with Gasteiger partial charge in [-0.2, -0.15) is 0 Å². The second-order valence-corrected chi connectivity index (χ2v) is 5.17. The summed E-state index contributed by atoms with van der Waals surface area (Å²) < 4.78 is 11.2. The van der Waals surface area contributed by atoms with Gasteiger partial charge in [0.2, 0.25) is 0 Å². The lowest BCUT2D eigenvalue weighted by Crippen LogP contribution is -2.38. The number of rotatable bonds is 6. The molecule has 1 aromatic carbocycles. The number of hydrogen-bond donors (Lipinski definition) is 1. The molecule has 0 unspecified atom stereocenters. The van der Waals surface area contributed by atoms with E-state index in [9.17, 15) is 0 Å². The Bertz CT molecular complexity index is 571. The standard InChI is InChI=1S/C17H21N3O2/c1-2-7-18-17(6-1)19-15-4-3-5-16(14-15)22-13-10-20-8-11-21-12-9-20/h1-7,14H,8-13H2,(H,18,19). The lowest BCUT2D eigenvalue weighted by molar-refractivity contribution is 0.0322. The van der Waals surface area contributed by atoms with Gasteiger partial charge in [-0.25, -0.2) is 4.98 Å². The number of benzene rings is 1. The molecule has 1 N–H and O–H groups in total. The van der Waals surface area contributed by atoms with Gasteiger partial charge >= 0.3 is 0 Å². The van der Waals surface area contributed by atoms with Gasteiger partial charge in [0, 0.05) is 37.6 Å². The maximum Gasteiger partial charge on any atom is 0.130 e. The largest absolute Gasteiger partial charge is 0.492 e. The zero-order valence-corrected chi connectivity index (χ0v) is 12.6. The number of nitrogens with one attached hydrogen (secondary N) is 1. The molecule has 0 spiro atoms. The fraction of sp³-hybridized carbons (Fsp3) is 0.353. The Morgan fingerprint density at radius 1 is 1.14 bits per heavy atom. The van der Waals surface area contributed by atoms with E-state index in [1.54, 1.807) is 6.20 Å². The smallest absolute Gasteiger partial charge is 0.130 e. The predicted molar refractivity (Wildman–Crippen MR) is 86.7 cm³/mol. The molecule has 0 aliphatic carbocycles. The number of hydrogen-bond acceptors (Lipinski definition) is 5. The van der Waals surface area contributed by atoms with Gasteiger partial charge in [-0.3, -0.25) is 4.90 Å². The summed E-state index contributed by atoms with van der Waals surface area (Å²) in [5.74, 6) is 1.70. The highest BCUT2D eigenvalue weighted by Crippen LogP contribution is 2.20. The Hall–Kier alpha value is -2.11. The van der Waals surface area contributed by atoms with Gasteiger partial charge in [-0.15, -0.1) is 0 Å². The van der Waals surface area contributed by atoms with E-state index in [1.807, 2.05) is 42.5 Å². The van der Waals surface area contributed by atoms with Crippen LogP contribution in [0.3, 0.4) is 0 Å². The molecule has 0 radical (unpaired) electrons. The average molecular weight is 299 g/mol. The molecule has 2 heterocycles. The van der Waals surface area contributed by atoms with E-state index in [0.29, 0.717) is 6.61 Å². The summed E-state index contributed by atoms with van der Waals surface area (Å²) in [5.41, 5.74) is 0.975. The number of nitrogens with zero attached hydrogens (tertiary/aromatic N) is 2. The van der Waals surface area contributed by atoms with Crippen LogP contribution in [-0.4, -0.2) is 49.3 Å². The molecule has 116 valence electrons. The molecule has 2 aromatic rings. The molecule has 0 saturated carbocycles. The number of ether oxygens (including phenoxy) is 2. The number of morpholine rings is 1. The van der Waals surface area contributed by atoms with Crippen LogP contribution in [0.15, 0.2) is 48.7 Å². The van der Waals surface area contributed by atoms with Crippen LogP contribution in [0.2, 0.25) is 0 Å². The van der Waals surface area contributed by atoms with E-state index in [2.05, 4.69) is 15.2 Å². The number of anilines is 2. The Balaban J connectivity index is 1.50. The quantitative estimate of drug-likeness (QED) is 0.888. The summed E-state index contributed by atoms with van der Waals surface area (Å²) in [6, 6.07) is 13.7. The van der Waals surface area contributed by atoms with E-state index >= 15 is 0 Å². The molecule has 1 fully saturated rings. The molecule has 1 saturated heterocycles. The zero-order chi connectivity index (χ0) is 15.0. The van der Waals surface area contributed by atoms with Gasteiger partial charge < -0.3 is 14.8 Å². The first-order valence-electron chi connectivity index (χ1n) is 7.61. The second-order valence-electron chi connectivity index (χ2n) is 5.17. The van der Waals surface area contributed by atoms with Crippen LogP contribution in [0, 0.1) is 0 Å². The maximum absolute atomic E-state index is 5.84. The minimum atomic E-state index is 0.688. The van der Waals surface area contributed by atoms with Crippen LogP contribution >= 0.6 is 0 Å². The lowest BCUT2D eigenvalue weighted by Gasteiger charge is -2.26. The summed E-state index contributed by atoms with van der Waals surface area (Å²) in [7, 11) is 0. The van der Waals surface area contributed by atoms with Crippen molar-refractivity contribution in [1.29, 1.82) is 0 Å². The minimum Gasteiger partial charge on any atom is -0.492 e. The van der Waals surface area contributed by atoms with Gasteiger partial charge in [0.05, 0.1) is 13.2 Å². The third-order valence-corrected chi connectivity index (χ3v) is 3.55. The Labute approximate surface area is 130 Å². The highest BCUT2D eigenvalue weighted by Gasteiger charge is 2.09.